The normalized spacial score (nSPS) is 16.7. The van der Waals surface area contributed by atoms with Crippen LogP contribution in [0.3, 0.4) is 0 Å². The number of nitrogens with zero attached hydrogens (tertiary/aromatic N) is 1. The average Bonchev–Trinajstić information content (AvgIpc) is 3.14. The molecule has 0 saturated carbocycles. The Morgan fingerprint density at radius 2 is 1.63 bits per heavy atom. The number of amides is 2. The minimum absolute atomic E-state index is 0.0635. The van der Waals surface area contributed by atoms with E-state index in [0.717, 1.165) is 11.0 Å². The average molecular weight is 555 g/mol. The van der Waals surface area contributed by atoms with Crippen LogP contribution in [0, 0.1) is 5.82 Å². The highest BCUT2D eigenvalue weighted by Crippen LogP contribution is 2.44. The Bertz CT molecular complexity index is 1530. The monoisotopic (exact) mass is 554 g/mol. The summed E-state index contributed by atoms with van der Waals surface area (Å²) in [6.45, 7) is 0. The Morgan fingerprint density at radius 3 is 2.32 bits per heavy atom. The van der Waals surface area contributed by atoms with E-state index in [9.17, 15) is 24.3 Å². The highest BCUT2D eigenvalue weighted by atomic mass is 35.5. The summed E-state index contributed by atoms with van der Waals surface area (Å²) >= 11 is 11.9. The van der Waals surface area contributed by atoms with Crippen LogP contribution in [0.1, 0.15) is 17.2 Å². The number of Topliss-reactive ketones (excluding diaryl/α,β-unsaturated/α-hetero) is 1. The minimum atomic E-state index is -1.31. The molecule has 0 bridgehead atoms. The molecule has 1 aliphatic rings. The molecule has 11 heteroatoms. The van der Waals surface area contributed by atoms with Gasteiger partial charge in [-0.3, -0.25) is 19.3 Å². The van der Waals surface area contributed by atoms with E-state index in [2.05, 4.69) is 5.32 Å². The first-order chi connectivity index (χ1) is 18.1. The van der Waals surface area contributed by atoms with Crippen molar-refractivity contribution in [3.05, 3.63) is 111 Å². The second kappa shape index (κ2) is 10.9. The molecule has 38 heavy (non-hydrogen) atoms. The van der Waals surface area contributed by atoms with Crippen molar-refractivity contribution in [3.63, 3.8) is 0 Å². The molecule has 0 radical (unpaired) electrons. The predicted octanol–water partition coefficient (Wildman–Crippen LogP) is 5.34. The van der Waals surface area contributed by atoms with E-state index in [0.29, 0.717) is 16.7 Å². The van der Waals surface area contributed by atoms with Gasteiger partial charge in [0.05, 0.1) is 22.3 Å². The Labute approximate surface area is 225 Å². The highest BCUT2D eigenvalue weighted by Gasteiger charge is 2.47. The molecule has 0 aliphatic carbocycles. The first-order valence-corrected chi connectivity index (χ1v) is 11.7. The SMILES string of the molecule is O=C(O)/C=C/C(=O)Nc1cccc(C(O)=C2C(=O)C(=O)N(c3cccc(Cl)c3F)C2c2ccc(Cl)cc2)c1. The number of aliphatic carboxylic acids is 1. The van der Waals surface area contributed by atoms with Crippen LogP contribution >= 0.6 is 23.2 Å². The fourth-order valence-electron chi connectivity index (χ4n) is 3.95. The molecule has 0 spiro atoms. The molecule has 1 heterocycles. The second-order valence-electron chi connectivity index (χ2n) is 8.04. The number of carboxylic acids is 1. The summed E-state index contributed by atoms with van der Waals surface area (Å²) < 4.78 is 15.0. The molecule has 2 amide bonds. The molecule has 4 rings (SSSR count). The highest BCUT2D eigenvalue weighted by molar-refractivity contribution is 6.52. The maximum Gasteiger partial charge on any atom is 0.328 e. The Kier molecular flexibility index (Phi) is 7.61. The molecule has 3 aromatic rings. The molecule has 1 aliphatic heterocycles. The lowest BCUT2D eigenvalue weighted by molar-refractivity contribution is -0.132. The third kappa shape index (κ3) is 5.29. The standard InChI is InChI=1S/C27H17Cl2FN2O6/c28-16-9-7-14(8-10-16)24-22(26(37)27(38)32(24)19-6-2-5-18(29)23(19)30)25(36)15-3-1-4-17(13-15)31-20(33)11-12-21(34)35/h1-13,24,36H,(H,31,33)(H,34,35)/b12-11+,25-22?. The molecule has 0 aromatic heterocycles. The van der Waals surface area contributed by atoms with Crippen molar-refractivity contribution in [1.29, 1.82) is 0 Å². The summed E-state index contributed by atoms with van der Waals surface area (Å²) in [6, 6.07) is 14.6. The van der Waals surface area contributed by atoms with E-state index in [1.807, 2.05) is 0 Å². The van der Waals surface area contributed by atoms with Crippen LogP contribution < -0.4 is 10.2 Å². The van der Waals surface area contributed by atoms with E-state index in [1.54, 1.807) is 0 Å². The van der Waals surface area contributed by atoms with Crippen molar-refractivity contribution in [2.24, 2.45) is 0 Å². The van der Waals surface area contributed by atoms with Gasteiger partial charge in [-0.2, -0.15) is 0 Å². The Hall–Kier alpha value is -4.47. The number of anilines is 2. The van der Waals surface area contributed by atoms with Crippen LogP contribution in [0.2, 0.25) is 10.0 Å². The number of nitrogens with one attached hydrogen (secondary N) is 1. The van der Waals surface area contributed by atoms with E-state index >= 15 is 4.39 Å². The maximum atomic E-state index is 15.0. The topological polar surface area (TPSA) is 124 Å². The molecule has 1 unspecified atom stereocenters. The fraction of sp³-hybridized carbons (Fsp3) is 0.0370. The molecular formula is C27H17Cl2FN2O6. The Balaban J connectivity index is 1.85. The number of halogens is 3. The number of aliphatic hydroxyl groups excluding tert-OH is 1. The zero-order valence-corrected chi connectivity index (χ0v) is 20.7. The van der Waals surface area contributed by atoms with Crippen LogP contribution in [0.25, 0.3) is 5.76 Å². The van der Waals surface area contributed by atoms with Crippen LogP contribution in [0.15, 0.2) is 84.5 Å². The van der Waals surface area contributed by atoms with Crippen molar-refractivity contribution in [1.82, 2.24) is 0 Å². The number of ketones is 1. The summed E-state index contributed by atoms with van der Waals surface area (Å²) in [5.74, 6) is -5.71. The van der Waals surface area contributed by atoms with Crippen LogP contribution in [0.4, 0.5) is 15.8 Å². The van der Waals surface area contributed by atoms with E-state index in [1.165, 1.54) is 66.7 Å². The van der Waals surface area contributed by atoms with Gasteiger partial charge in [-0.05, 0) is 42.0 Å². The second-order valence-corrected chi connectivity index (χ2v) is 8.88. The summed E-state index contributed by atoms with van der Waals surface area (Å²) in [5, 5.41) is 22.5. The maximum absolute atomic E-state index is 15.0. The summed E-state index contributed by atoms with van der Waals surface area (Å²) in [7, 11) is 0. The van der Waals surface area contributed by atoms with Gasteiger partial charge in [0.1, 0.15) is 5.76 Å². The van der Waals surface area contributed by atoms with Gasteiger partial charge < -0.3 is 15.5 Å². The number of carbonyl (C=O) groups is 4. The quantitative estimate of drug-likeness (QED) is 0.214. The van der Waals surface area contributed by atoms with Gasteiger partial charge in [0.2, 0.25) is 5.91 Å². The number of carboxylic acid groups (broad SMARTS) is 1. The van der Waals surface area contributed by atoms with Crippen molar-refractivity contribution in [2.45, 2.75) is 6.04 Å². The van der Waals surface area contributed by atoms with Crippen molar-refractivity contribution in [2.75, 3.05) is 10.2 Å². The van der Waals surface area contributed by atoms with Crippen molar-refractivity contribution in [3.8, 4) is 0 Å². The number of hydrogen-bond donors (Lipinski definition) is 3. The molecule has 192 valence electrons. The molecule has 3 aromatic carbocycles. The minimum Gasteiger partial charge on any atom is -0.507 e. The number of carbonyl (C=O) groups excluding carboxylic acids is 3. The lowest BCUT2D eigenvalue weighted by Gasteiger charge is -2.26. The van der Waals surface area contributed by atoms with Crippen LogP contribution in [-0.2, 0) is 19.2 Å². The molecule has 8 nitrogen and oxygen atoms in total. The van der Waals surface area contributed by atoms with Gasteiger partial charge in [0.15, 0.2) is 5.82 Å². The van der Waals surface area contributed by atoms with Gasteiger partial charge >= 0.3 is 5.97 Å². The largest absolute Gasteiger partial charge is 0.507 e. The van der Waals surface area contributed by atoms with E-state index in [4.69, 9.17) is 28.3 Å². The summed E-state index contributed by atoms with van der Waals surface area (Å²) in [6.07, 6.45) is 1.46. The number of rotatable bonds is 6. The van der Waals surface area contributed by atoms with Gasteiger partial charge in [-0.1, -0.05) is 53.5 Å². The number of hydrogen-bond acceptors (Lipinski definition) is 5. The zero-order valence-electron chi connectivity index (χ0n) is 19.2. The molecular weight excluding hydrogens is 538 g/mol. The molecule has 1 atom stereocenters. The van der Waals surface area contributed by atoms with E-state index < -0.39 is 41.2 Å². The fourth-order valence-corrected chi connectivity index (χ4v) is 4.25. The third-order valence-corrected chi connectivity index (χ3v) is 6.15. The summed E-state index contributed by atoms with van der Waals surface area (Å²) in [4.78, 5) is 49.9. The predicted molar refractivity (Wildman–Crippen MR) is 139 cm³/mol. The first kappa shape index (κ1) is 26.6. The first-order valence-electron chi connectivity index (χ1n) is 10.9. The zero-order chi connectivity index (χ0) is 27.6. The third-order valence-electron chi connectivity index (χ3n) is 5.60. The number of aliphatic hydroxyl groups is 1. The Morgan fingerprint density at radius 1 is 0.947 bits per heavy atom. The summed E-state index contributed by atoms with van der Waals surface area (Å²) in [5.41, 5.74) is 0.00867. The molecule has 1 fully saturated rings. The van der Waals surface area contributed by atoms with Crippen molar-refractivity contribution < 1.29 is 33.8 Å². The van der Waals surface area contributed by atoms with E-state index in [-0.39, 0.29) is 27.5 Å². The lowest BCUT2D eigenvalue weighted by atomic mass is 9.95. The van der Waals surface area contributed by atoms with Gasteiger partial charge in [0.25, 0.3) is 11.7 Å². The number of benzene rings is 3. The lowest BCUT2D eigenvalue weighted by Crippen LogP contribution is -2.30. The van der Waals surface area contributed by atoms with Crippen LogP contribution in [-0.4, -0.2) is 33.8 Å². The van der Waals surface area contributed by atoms with Gasteiger partial charge in [-0.25, -0.2) is 9.18 Å². The van der Waals surface area contributed by atoms with Gasteiger partial charge in [0, 0.05) is 28.4 Å². The van der Waals surface area contributed by atoms with Crippen molar-refractivity contribution >= 4 is 63.9 Å². The molecule has 3 N–H and O–H groups in total. The smallest absolute Gasteiger partial charge is 0.328 e. The van der Waals surface area contributed by atoms with Gasteiger partial charge in [-0.15, -0.1) is 0 Å². The molecule has 1 saturated heterocycles. The van der Waals surface area contributed by atoms with Crippen LogP contribution in [0.5, 0.6) is 0 Å².